The normalized spacial score (nSPS) is 12.5. The first kappa shape index (κ1) is 9.93. The minimum Gasteiger partial charge on any atom is -0.330 e. The Kier molecular flexibility index (Phi) is 3.20. The molecular weight excluding hydrogens is 162 g/mol. The first-order chi connectivity index (χ1) is 6.15. The highest BCUT2D eigenvalue weighted by Gasteiger charge is 2.12. The average Bonchev–Trinajstić information content (AvgIpc) is 2.17. The molecule has 1 unspecified atom stereocenters. The fourth-order valence-corrected chi connectivity index (χ4v) is 1.11. The fraction of sp³-hybridized carbons (Fsp3) is 0.364. The van der Waals surface area contributed by atoms with Gasteiger partial charge in [0, 0.05) is 18.0 Å². The Bertz CT molecular complexity index is 289. The maximum atomic E-state index is 11.6. The predicted octanol–water partition coefficient (Wildman–Crippen LogP) is 1.77. The fourth-order valence-electron chi connectivity index (χ4n) is 1.11. The Morgan fingerprint density at radius 1 is 1.38 bits per heavy atom. The molecule has 1 aromatic rings. The molecule has 13 heavy (non-hydrogen) atoms. The number of hydrogen-bond donors (Lipinski definition) is 1. The molecule has 0 aliphatic heterocycles. The van der Waals surface area contributed by atoms with Crippen molar-refractivity contribution < 1.29 is 4.79 Å². The van der Waals surface area contributed by atoms with Crippen molar-refractivity contribution in [3.8, 4) is 0 Å². The van der Waals surface area contributed by atoms with Crippen molar-refractivity contribution in [3.63, 3.8) is 0 Å². The second kappa shape index (κ2) is 4.19. The molecule has 0 aliphatic rings. The Hall–Kier alpha value is -1.15. The van der Waals surface area contributed by atoms with Crippen molar-refractivity contribution in [2.24, 2.45) is 11.7 Å². The molecular formula is C11H15NO. The number of carbonyl (C=O) groups is 1. The summed E-state index contributed by atoms with van der Waals surface area (Å²) in [5.74, 6) is 0.0465. The third-order valence-electron chi connectivity index (χ3n) is 2.14. The summed E-state index contributed by atoms with van der Waals surface area (Å²) < 4.78 is 0. The summed E-state index contributed by atoms with van der Waals surface area (Å²) in [6.07, 6.45) is 0. The summed E-state index contributed by atoms with van der Waals surface area (Å²) in [5.41, 5.74) is 7.34. The van der Waals surface area contributed by atoms with Gasteiger partial charge in [-0.15, -0.1) is 0 Å². The lowest BCUT2D eigenvalue weighted by molar-refractivity contribution is 0.0934. The zero-order valence-electron chi connectivity index (χ0n) is 8.08. The van der Waals surface area contributed by atoms with Crippen LogP contribution in [0, 0.1) is 12.8 Å². The standard InChI is InChI=1S/C11H15NO/c1-8-3-5-10(6-4-8)11(13)9(2)7-12/h3-6,9H,7,12H2,1-2H3. The number of carbonyl (C=O) groups excluding carboxylic acids is 1. The van der Waals surface area contributed by atoms with E-state index in [9.17, 15) is 4.79 Å². The lowest BCUT2D eigenvalue weighted by Gasteiger charge is -2.06. The van der Waals surface area contributed by atoms with Crippen molar-refractivity contribution in [3.05, 3.63) is 35.4 Å². The van der Waals surface area contributed by atoms with E-state index in [0.29, 0.717) is 6.54 Å². The molecule has 0 aromatic heterocycles. The molecule has 1 atom stereocenters. The number of ketones is 1. The third-order valence-corrected chi connectivity index (χ3v) is 2.14. The molecule has 0 amide bonds. The van der Waals surface area contributed by atoms with Crippen LogP contribution in [0.2, 0.25) is 0 Å². The summed E-state index contributed by atoms with van der Waals surface area (Å²) in [7, 11) is 0. The quantitative estimate of drug-likeness (QED) is 0.715. The summed E-state index contributed by atoms with van der Waals surface area (Å²) in [6.45, 7) is 4.26. The molecule has 0 saturated carbocycles. The van der Waals surface area contributed by atoms with E-state index in [2.05, 4.69) is 0 Å². The smallest absolute Gasteiger partial charge is 0.166 e. The van der Waals surface area contributed by atoms with Crippen LogP contribution in [-0.2, 0) is 0 Å². The monoisotopic (exact) mass is 177 g/mol. The summed E-state index contributed by atoms with van der Waals surface area (Å²) in [6, 6.07) is 7.58. The van der Waals surface area contributed by atoms with E-state index < -0.39 is 0 Å². The van der Waals surface area contributed by atoms with Gasteiger partial charge in [0.1, 0.15) is 0 Å². The van der Waals surface area contributed by atoms with Gasteiger partial charge in [-0.25, -0.2) is 0 Å². The third kappa shape index (κ3) is 2.39. The van der Waals surface area contributed by atoms with Crippen LogP contribution < -0.4 is 5.73 Å². The number of nitrogens with two attached hydrogens (primary N) is 1. The molecule has 70 valence electrons. The van der Waals surface area contributed by atoms with Crippen molar-refractivity contribution in [2.45, 2.75) is 13.8 Å². The van der Waals surface area contributed by atoms with Gasteiger partial charge in [-0.1, -0.05) is 36.8 Å². The van der Waals surface area contributed by atoms with E-state index in [1.165, 1.54) is 0 Å². The van der Waals surface area contributed by atoms with Crippen molar-refractivity contribution in [1.29, 1.82) is 0 Å². The zero-order valence-corrected chi connectivity index (χ0v) is 8.08. The second-order valence-corrected chi connectivity index (χ2v) is 3.37. The summed E-state index contributed by atoms with van der Waals surface area (Å²) >= 11 is 0. The molecule has 1 rings (SSSR count). The Balaban J connectivity index is 2.83. The zero-order chi connectivity index (χ0) is 9.84. The molecule has 0 fully saturated rings. The number of rotatable bonds is 3. The minimum absolute atomic E-state index is 0.0808. The van der Waals surface area contributed by atoms with Crippen LogP contribution in [0.3, 0.4) is 0 Å². The second-order valence-electron chi connectivity index (χ2n) is 3.37. The maximum Gasteiger partial charge on any atom is 0.166 e. The molecule has 0 bridgehead atoms. The largest absolute Gasteiger partial charge is 0.330 e. The number of hydrogen-bond acceptors (Lipinski definition) is 2. The minimum atomic E-state index is -0.0808. The number of aryl methyl sites for hydroxylation is 1. The number of benzene rings is 1. The Labute approximate surface area is 78.8 Å². The van der Waals surface area contributed by atoms with Gasteiger partial charge >= 0.3 is 0 Å². The van der Waals surface area contributed by atoms with Gasteiger partial charge < -0.3 is 5.73 Å². The molecule has 1 aromatic carbocycles. The van der Waals surface area contributed by atoms with E-state index in [1.54, 1.807) is 0 Å². The van der Waals surface area contributed by atoms with Crippen LogP contribution in [0.1, 0.15) is 22.8 Å². The van der Waals surface area contributed by atoms with Crippen LogP contribution in [-0.4, -0.2) is 12.3 Å². The number of Topliss-reactive ketones (excluding diaryl/α,β-unsaturated/α-hetero) is 1. The first-order valence-electron chi connectivity index (χ1n) is 4.46. The Morgan fingerprint density at radius 3 is 2.38 bits per heavy atom. The highest BCUT2D eigenvalue weighted by Crippen LogP contribution is 2.08. The SMILES string of the molecule is Cc1ccc(C(=O)C(C)CN)cc1. The van der Waals surface area contributed by atoms with E-state index in [1.807, 2.05) is 38.1 Å². The molecule has 2 N–H and O–H groups in total. The van der Waals surface area contributed by atoms with E-state index in [-0.39, 0.29) is 11.7 Å². The Morgan fingerprint density at radius 2 is 1.92 bits per heavy atom. The van der Waals surface area contributed by atoms with E-state index >= 15 is 0 Å². The highest BCUT2D eigenvalue weighted by molar-refractivity contribution is 5.97. The predicted molar refractivity (Wildman–Crippen MR) is 53.7 cm³/mol. The van der Waals surface area contributed by atoms with Crippen LogP contribution in [0.4, 0.5) is 0 Å². The maximum absolute atomic E-state index is 11.6. The van der Waals surface area contributed by atoms with Crippen LogP contribution in [0.15, 0.2) is 24.3 Å². The van der Waals surface area contributed by atoms with Gasteiger partial charge in [-0.3, -0.25) is 4.79 Å². The molecule has 2 nitrogen and oxygen atoms in total. The van der Waals surface area contributed by atoms with E-state index in [4.69, 9.17) is 5.73 Å². The van der Waals surface area contributed by atoms with E-state index in [0.717, 1.165) is 11.1 Å². The molecule has 0 radical (unpaired) electrons. The van der Waals surface area contributed by atoms with Crippen LogP contribution >= 0.6 is 0 Å². The van der Waals surface area contributed by atoms with Crippen LogP contribution in [0.5, 0.6) is 0 Å². The van der Waals surface area contributed by atoms with Gasteiger partial charge in [0.15, 0.2) is 5.78 Å². The van der Waals surface area contributed by atoms with Gasteiger partial charge in [0.05, 0.1) is 0 Å². The molecule has 0 aliphatic carbocycles. The van der Waals surface area contributed by atoms with Crippen molar-refractivity contribution >= 4 is 5.78 Å². The van der Waals surface area contributed by atoms with Crippen LogP contribution in [0.25, 0.3) is 0 Å². The first-order valence-corrected chi connectivity index (χ1v) is 4.46. The van der Waals surface area contributed by atoms with Gasteiger partial charge in [0.25, 0.3) is 0 Å². The summed E-state index contributed by atoms with van der Waals surface area (Å²) in [5, 5.41) is 0. The van der Waals surface area contributed by atoms with Crippen molar-refractivity contribution in [2.75, 3.05) is 6.54 Å². The lowest BCUT2D eigenvalue weighted by atomic mass is 9.99. The van der Waals surface area contributed by atoms with Gasteiger partial charge in [-0.05, 0) is 6.92 Å². The van der Waals surface area contributed by atoms with Crippen molar-refractivity contribution in [1.82, 2.24) is 0 Å². The topological polar surface area (TPSA) is 43.1 Å². The molecule has 0 saturated heterocycles. The van der Waals surface area contributed by atoms with Gasteiger partial charge in [0.2, 0.25) is 0 Å². The lowest BCUT2D eigenvalue weighted by Crippen LogP contribution is -2.20. The summed E-state index contributed by atoms with van der Waals surface area (Å²) in [4.78, 5) is 11.6. The average molecular weight is 177 g/mol. The molecule has 0 spiro atoms. The van der Waals surface area contributed by atoms with Gasteiger partial charge in [-0.2, -0.15) is 0 Å². The molecule has 2 heteroatoms. The molecule has 0 heterocycles. The highest BCUT2D eigenvalue weighted by atomic mass is 16.1.